The summed E-state index contributed by atoms with van der Waals surface area (Å²) in [5.74, 6) is 0. The van der Waals surface area contributed by atoms with E-state index < -0.39 is 0 Å². The molecule has 0 atom stereocenters. The standard InChI is InChI=1S/C10H8Br2O/c11-9-5-4-8(10(12)7-9)3-1-2-6-13/h1,3-7H,2H2. The Morgan fingerprint density at radius 2 is 2.08 bits per heavy atom. The lowest BCUT2D eigenvalue weighted by Crippen LogP contribution is -1.75. The van der Waals surface area contributed by atoms with Crippen LogP contribution in [0.3, 0.4) is 0 Å². The van der Waals surface area contributed by atoms with Gasteiger partial charge in [0.25, 0.3) is 0 Å². The third-order valence-electron chi connectivity index (χ3n) is 1.49. The Morgan fingerprint density at radius 3 is 2.69 bits per heavy atom. The molecule has 0 radical (unpaired) electrons. The van der Waals surface area contributed by atoms with Crippen molar-refractivity contribution in [1.82, 2.24) is 0 Å². The van der Waals surface area contributed by atoms with Crippen molar-refractivity contribution in [2.24, 2.45) is 0 Å². The van der Waals surface area contributed by atoms with Crippen LogP contribution in [0.1, 0.15) is 12.0 Å². The maximum atomic E-state index is 10.1. The highest BCUT2D eigenvalue weighted by molar-refractivity contribution is 9.11. The van der Waals surface area contributed by atoms with Crippen LogP contribution in [0.15, 0.2) is 33.2 Å². The number of carbonyl (C=O) groups excluding carboxylic acids is 1. The molecule has 0 unspecified atom stereocenters. The van der Waals surface area contributed by atoms with Crippen LogP contribution in [-0.4, -0.2) is 6.29 Å². The Bertz CT molecular complexity index is 332. The molecule has 0 heterocycles. The number of allylic oxidation sites excluding steroid dienone is 1. The van der Waals surface area contributed by atoms with Crippen molar-refractivity contribution >= 4 is 44.2 Å². The van der Waals surface area contributed by atoms with Gasteiger partial charge in [-0.3, -0.25) is 0 Å². The van der Waals surface area contributed by atoms with E-state index in [-0.39, 0.29) is 0 Å². The van der Waals surface area contributed by atoms with Crippen molar-refractivity contribution in [3.8, 4) is 0 Å². The molecule has 1 aromatic rings. The first-order valence-corrected chi connectivity index (χ1v) is 5.38. The van der Waals surface area contributed by atoms with Gasteiger partial charge in [0.15, 0.2) is 0 Å². The molecule has 13 heavy (non-hydrogen) atoms. The molecule has 3 heteroatoms. The van der Waals surface area contributed by atoms with Gasteiger partial charge < -0.3 is 4.79 Å². The van der Waals surface area contributed by atoms with Crippen LogP contribution < -0.4 is 0 Å². The van der Waals surface area contributed by atoms with Crippen molar-refractivity contribution in [2.45, 2.75) is 6.42 Å². The minimum atomic E-state index is 0.461. The Kier molecular flexibility index (Phi) is 4.39. The summed E-state index contributed by atoms with van der Waals surface area (Å²) in [5.41, 5.74) is 1.07. The van der Waals surface area contributed by atoms with Crippen LogP contribution >= 0.6 is 31.9 Å². The fourth-order valence-corrected chi connectivity index (χ4v) is 2.07. The summed E-state index contributed by atoms with van der Waals surface area (Å²) < 4.78 is 2.05. The largest absolute Gasteiger partial charge is 0.303 e. The van der Waals surface area contributed by atoms with E-state index in [1.165, 1.54) is 0 Å². The first-order valence-electron chi connectivity index (χ1n) is 3.79. The van der Waals surface area contributed by atoms with E-state index in [0.29, 0.717) is 6.42 Å². The molecule has 0 saturated heterocycles. The molecule has 0 spiro atoms. The maximum Gasteiger partial charge on any atom is 0.123 e. The lowest BCUT2D eigenvalue weighted by Gasteiger charge is -1.98. The van der Waals surface area contributed by atoms with Crippen molar-refractivity contribution in [3.05, 3.63) is 38.8 Å². The summed E-state index contributed by atoms with van der Waals surface area (Å²) in [4.78, 5) is 10.1. The van der Waals surface area contributed by atoms with Gasteiger partial charge in [-0.15, -0.1) is 0 Å². The Morgan fingerprint density at radius 1 is 1.31 bits per heavy atom. The zero-order valence-corrected chi connectivity index (χ0v) is 10.0. The number of aldehydes is 1. The number of benzene rings is 1. The first kappa shape index (κ1) is 10.7. The molecule has 0 aliphatic heterocycles. The Balaban J connectivity index is 2.83. The van der Waals surface area contributed by atoms with Crippen LogP contribution in [0.2, 0.25) is 0 Å². The summed E-state index contributed by atoms with van der Waals surface area (Å²) in [6.45, 7) is 0. The molecule has 0 amide bonds. The van der Waals surface area contributed by atoms with Gasteiger partial charge in [0.2, 0.25) is 0 Å². The van der Waals surface area contributed by atoms with Gasteiger partial charge in [0.05, 0.1) is 0 Å². The topological polar surface area (TPSA) is 17.1 Å². The normalized spacial score (nSPS) is 10.6. The number of carbonyl (C=O) groups is 1. The molecule has 0 aromatic heterocycles. The van der Waals surface area contributed by atoms with Gasteiger partial charge >= 0.3 is 0 Å². The third-order valence-corrected chi connectivity index (χ3v) is 2.67. The minimum Gasteiger partial charge on any atom is -0.303 e. The van der Waals surface area contributed by atoms with Crippen molar-refractivity contribution < 1.29 is 4.79 Å². The fourth-order valence-electron chi connectivity index (χ4n) is 0.887. The van der Waals surface area contributed by atoms with Crippen molar-refractivity contribution in [2.75, 3.05) is 0 Å². The predicted molar refractivity (Wildman–Crippen MR) is 61.6 cm³/mol. The fraction of sp³-hybridized carbons (Fsp3) is 0.100. The van der Waals surface area contributed by atoms with E-state index in [0.717, 1.165) is 20.8 Å². The molecule has 0 aliphatic carbocycles. The van der Waals surface area contributed by atoms with Gasteiger partial charge in [0.1, 0.15) is 6.29 Å². The summed E-state index contributed by atoms with van der Waals surface area (Å²) >= 11 is 6.80. The zero-order chi connectivity index (χ0) is 9.68. The van der Waals surface area contributed by atoms with Gasteiger partial charge in [-0.25, -0.2) is 0 Å². The van der Waals surface area contributed by atoms with Crippen molar-refractivity contribution in [3.63, 3.8) is 0 Å². The first-order chi connectivity index (χ1) is 6.24. The van der Waals surface area contributed by atoms with E-state index in [2.05, 4.69) is 31.9 Å². The molecular formula is C10H8Br2O. The second-order valence-corrected chi connectivity index (χ2v) is 4.24. The van der Waals surface area contributed by atoms with Crippen LogP contribution in [0.25, 0.3) is 6.08 Å². The minimum absolute atomic E-state index is 0.461. The SMILES string of the molecule is O=CCC=Cc1ccc(Br)cc1Br. The molecule has 0 N–H and O–H groups in total. The quantitative estimate of drug-likeness (QED) is 0.776. The maximum absolute atomic E-state index is 10.1. The van der Waals surface area contributed by atoms with Gasteiger partial charge in [0, 0.05) is 15.4 Å². The van der Waals surface area contributed by atoms with Crippen molar-refractivity contribution in [1.29, 1.82) is 0 Å². The molecule has 1 nitrogen and oxygen atoms in total. The molecule has 0 fully saturated rings. The summed E-state index contributed by atoms with van der Waals surface area (Å²) in [5, 5.41) is 0. The van der Waals surface area contributed by atoms with E-state index in [4.69, 9.17) is 0 Å². The summed E-state index contributed by atoms with van der Waals surface area (Å²) in [7, 11) is 0. The van der Waals surface area contributed by atoms with Crippen LogP contribution in [0.4, 0.5) is 0 Å². The number of hydrogen-bond acceptors (Lipinski definition) is 1. The monoisotopic (exact) mass is 302 g/mol. The highest BCUT2D eigenvalue weighted by Crippen LogP contribution is 2.22. The van der Waals surface area contributed by atoms with Gasteiger partial charge in [-0.2, -0.15) is 0 Å². The second-order valence-electron chi connectivity index (χ2n) is 2.47. The van der Waals surface area contributed by atoms with E-state index in [1.54, 1.807) is 0 Å². The zero-order valence-electron chi connectivity index (χ0n) is 6.84. The number of hydrogen-bond donors (Lipinski definition) is 0. The summed E-state index contributed by atoms with van der Waals surface area (Å²) in [6.07, 6.45) is 5.09. The molecule has 1 aromatic carbocycles. The van der Waals surface area contributed by atoms with Crippen LogP contribution in [0, 0.1) is 0 Å². The average molecular weight is 304 g/mol. The highest BCUT2D eigenvalue weighted by Gasteiger charge is 1.95. The number of halogens is 2. The van der Waals surface area contributed by atoms with Gasteiger partial charge in [-0.1, -0.05) is 50.1 Å². The predicted octanol–water partition coefficient (Wildman–Crippen LogP) is 3.81. The summed E-state index contributed by atoms with van der Waals surface area (Å²) in [6, 6.07) is 5.92. The van der Waals surface area contributed by atoms with Gasteiger partial charge in [-0.05, 0) is 17.7 Å². The smallest absolute Gasteiger partial charge is 0.123 e. The molecule has 0 saturated carbocycles. The molecule has 1 rings (SSSR count). The Hall–Kier alpha value is -0.410. The molecular weight excluding hydrogens is 296 g/mol. The van der Waals surface area contributed by atoms with E-state index >= 15 is 0 Å². The molecule has 68 valence electrons. The van der Waals surface area contributed by atoms with E-state index in [1.807, 2.05) is 30.4 Å². The molecule has 0 aliphatic rings. The van der Waals surface area contributed by atoms with Crippen LogP contribution in [-0.2, 0) is 4.79 Å². The molecule has 0 bridgehead atoms. The van der Waals surface area contributed by atoms with Crippen LogP contribution in [0.5, 0.6) is 0 Å². The lowest BCUT2D eigenvalue weighted by atomic mass is 10.2. The second kappa shape index (κ2) is 5.35. The number of rotatable bonds is 3. The average Bonchev–Trinajstić information content (AvgIpc) is 2.09. The lowest BCUT2D eigenvalue weighted by molar-refractivity contribution is -0.107. The van der Waals surface area contributed by atoms with E-state index in [9.17, 15) is 4.79 Å². The third kappa shape index (κ3) is 3.44. The highest BCUT2D eigenvalue weighted by atomic mass is 79.9. The Labute approximate surface area is 94.1 Å².